The molecule has 11 heavy (non-hydrogen) atoms. The van der Waals surface area contributed by atoms with Crippen molar-refractivity contribution < 1.29 is 0 Å². The number of aromatic amines is 1. The van der Waals surface area contributed by atoms with Gasteiger partial charge in [-0.3, -0.25) is 5.41 Å². The molecule has 0 aliphatic heterocycles. The Kier molecular flexibility index (Phi) is 2.97. The van der Waals surface area contributed by atoms with E-state index in [1.54, 1.807) is 12.4 Å². The highest BCUT2D eigenvalue weighted by Gasteiger charge is 1.95. The fourth-order valence-electron chi connectivity index (χ4n) is 0.692. The van der Waals surface area contributed by atoms with Crippen LogP contribution in [-0.4, -0.2) is 20.9 Å². The molecule has 0 aliphatic carbocycles. The summed E-state index contributed by atoms with van der Waals surface area (Å²) in [5.41, 5.74) is 5.15. The normalized spacial score (nSPS) is 9.82. The molecule has 1 aromatic rings. The summed E-state index contributed by atoms with van der Waals surface area (Å²) >= 11 is 1.33. The van der Waals surface area contributed by atoms with Crippen LogP contribution in [0, 0.1) is 5.41 Å². The first-order chi connectivity index (χ1) is 5.29. The van der Waals surface area contributed by atoms with Gasteiger partial charge in [0.2, 0.25) is 0 Å². The minimum Gasteiger partial charge on any atom is -0.379 e. The van der Waals surface area contributed by atoms with Gasteiger partial charge in [0.05, 0.1) is 0 Å². The molecule has 1 heterocycles. The van der Waals surface area contributed by atoms with Crippen molar-refractivity contribution in [2.45, 2.75) is 6.42 Å². The molecule has 0 spiro atoms. The van der Waals surface area contributed by atoms with Crippen LogP contribution < -0.4 is 5.73 Å². The number of hydrogen-bond acceptors (Lipinski definition) is 3. The maximum atomic E-state index is 6.93. The smallest absolute Gasteiger partial charge is 0.151 e. The molecule has 0 unspecified atom stereocenters. The van der Waals surface area contributed by atoms with E-state index < -0.39 is 0 Å². The number of aryl methyl sites for hydroxylation is 1. The monoisotopic (exact) mass is 170 g/mol. The molecule has 0 aliphatic rings. The molecule has 0 radical (unpaired) electrons. The van der Waals surface area contributed by atoms with Gasteiger partial charge in [-0.05, 0) is 0 Å². The van der Waals surface area contributed by atoms with Gasteiger partial charge in [0, 0.05) is 24.6 Å². The lowest BCUT2D eigenvalue weighted by atomic mass is 10.5. The van der Waals surface area contributed by atoms with Crippen molar-refractivity contribution in [3.05, 3.63) is 18.2 Å². The molecule has 4 N–H and O–H groups in total. The fourth-order valence-corrected chi connectivity index (χ4v) is 1.21. The third-order valence-electron chi connectivity index (χ3n) is 1.15. The predicted octanol–water partition coefficient (Wildman–Crippen LogP) is 0.579. The molecular formula is C6H10N4S. The maximum absolute atomic E-state index is 6.93. The molecule has 0 bridgehead atoms. The van der Waals surface area contributed by atoms with E-state index in [4.69, 9.17) is 11.1 Å². The summed E-state index contributed by atoms with van der Waals surface area (Å²) < 4.78 is 0. The first-order valence-electron chi connectivity index (χ1n) is 3.24. The van der Waals surface area contributed by atoms with E-state index in [-0.39, 0.29) is 5.17 Å². The van der Waals surface area contributed by atoms with Crippen LogP contribution in [0.4, 0.5) is 0 Å². The Morgan fingerprint density at radius 3 is 3.18 bits per heavy atom. The Balaban J connectivity index is 2.19. The quantitative estimate of drug-likeness (QED) is 0.458. The van der Waals surface area contributed by atoms with Crippen molar-refractivity contribution in [2.24, 2.45) is 5.73 Å². The van der Waals surface area contributed by atoms with Crippen LogP contribution in [0.2, 0.25) is 0 Å². The number of amidine groups is 1. The van der Waals surface area contributed by atoms with Gasteiger partial charge >= 0.3 is 0 Å². The number of H-pyrrole nitrogens is 1. The fraction of sp³-hybridized carbons (Fsp3) is 0.333. The molecule has 5 heteroatoms. The highest BCUT2D eigenvalue weighted by Crippen LogP contribution is 2.01. The van der Waals surface area contributed by atoms with Crippen LogP contribution in [0.3, 0.4) is 0 Å². The van der Waals surface area contributed by atoms with Gasteiger partial charge in [0.15, 0.2) is 5.17 Å². The van der Waals surface area contributed by atoms with E-state index >= 15 is 0 Å². The lowest BCUT2D eigenvalue weighted by Gasteiger charge is -1.94. The summed E-state index contributed by atoms with van der Waals surface area (Å²) in [4.78, 5) is 7.01. The first-order valence-corrected chi connectivity index (χ1v) is 4.22. The second-order valence-corrected chi connectivity index (χ2v) is 3.14. The van der Waals surface area contributed by atoms with Crippen LogP contribution in [0.1, 0.15) is 5.82 Å². The van der Waals surface area contributed by atoms with Crippen molar-refractivity contribution >= 4 is 16.9 Å². The molecule has 60 valence electrons. The van der Waals surface area contributed by atoms with E-state index in [0.717, 1.165) is 18.0 Å². The Morgan fingerprint density at radius 2 is 2.64 bits per heavy atom. The zero-order chi connectivity index (χ0) is 8.10. The van der Waals surface area contributed by atoms with Crippen molar-refractivity contribution in [3.8, 4) is 0 Å². The second kappa shape index (κ2) is 4.02. The molecule has 0 fully saturated rings. The number of nitrogens with zero attached hydrogens (tertiary/aromatic N) is 1. The summed E-state index contributed by atoms with van der Waals surface area (Å²) in [7, 11) is 0. The van der Waals surface area contributed by atoms with E-state index in [9.17, 15) is 0 Å². The average Bonchev–Trinajstić information content (AvgIpc) is 2.39. The van der Waals surface area contributed by atoms with E-state index in [1.165, 1.54) is 11.8 Å². The number of aromatic nitrogens is 2. The summed E-state index contributed by atoms with van der Waals surface area (Å²) in [6.45, 7) is 0. The molecule has 0 amide bonds. The summed E-state index contributed by atoms with van der Waals surface area (Å²) in [6, 6.07) is 0. The number of thioether (sulfide) groups is 1. The molecule has 4 nitrogen and oxygen atoms in total. The Bertz CT molecular complexity index is 218. The minimum atomic E-state index is 0.163. The van der Waals surface area contributed by atoms with E-state index in [0.29, 0.717) is 0 Å². The van der Waals surface area contributed by atoms with Crippen LogP contribution in [-0.2, 0) is 6.42 Å². The third-order valence-corrected chi connectivity index (χ3v) is 1.87. The predicted molar refractivity (Wildman–Crippen MR) is 46.7 cm³/mol. The van der Waals surface area contributed by atoms with E-state index in [2.05, 4.69) is 9.97 Å². The number of imidazole rings is 1. The van der Waals surface area contributed by atoms with Gasteiger partial charge in [-0.2, -0.15) is 0 Å². The number of nitrogens with two attached hydrogens (primary N) is 1. The van der Waals surface area contributed by atoms with Gasteiger partial charge in [0.25, 0.3) is 0 Å². The van der Waals surface area contributed by atoms with Crippen molar-refractivity contribution in [1.29, 1.82) is 5.41 Å². The van der Waals surface area contributed by atoms with Crippen molar-refractivity contribution in [2.75, 3.05) is 5.75 Å². The number of rotatable bonds is 3. The van der Waals surface area contributed by atoms with Crippen LogP contribution in [0.25, 0.3) is 0 Å². The topological polar surface area (TPSA) is 78.6 Å². The minimum absolute atomic E-state index is 0.163. The SMILES string of the molecule is N=C(N)SCCc1ncc[nH]1. The highest BCUT2D eigenvalue weighted by atomic mass is 32.2. The lowest BCUT2D eigenvalue weighted by Crippen LogP contribution is -2.05. The lowest BCUT2D eigenvalue weighted by molar-refractivity contribution is 1.00. The van der Waals surface area contributed by atoms with Gasteiger partial charge in [-0.1, -0.05) is 11.8 Å². The standard InChI is InChI=1S/C6H10N4S/c7-6(8)11-4-1-5-9-2-3-10-5/h2-3H,1,4H2,(H3,7,8)(H,9,10). The summed E-state index contributed by atoms with van der Waals surface area (Å²) in [5, 5.41) is 7.10. The summed E-state index contributed by atoms with van der Waals surface area (Å²) in [6.07, 6.45) is 4.33. The maximum Gasteiger partial charge on any atom is 0.151 e. The Hall–Kier alpha value is -0.970. The Morgan fingerprint density at radius 1 is 1.82 bits per heavy atom. The van der Waals surface area contributed by atoms with Gasteiger partial charge in [-0.25, -0.2) is 4.98 Å². The van der Waals surface area contributed by atoms with Gasteiger partial charge in [0.1, 0.15) is 5.82 Å². The Labute approximate surface area is 69.1 Å². The van der Waals surface area contributed by atoms with Crippen LogP contribution >= 0.6 is 11.8 Å². The molecule has 0 atom stereocenters. The van der Waals surface area contributed by atoms with Crippen LogP contribution in [0.5, 0.6) is 0 Å². The van der Waals surface area contributed by atoms with E-state index in [1.807, 2.05) is 0 Å². The zero-order valence-electron chi connectivity index (χ0n) is 6.00. The summed E-state index contributed by atoms with van der Waals surface area (Å²) in [5.74, 6) is 1.75. The molecular weight excluding hydrogens is 160 g/mol. The molecule has 0 saturated heterocycles. The second-order valence-electron chi connectivity index (χ2n) is 2.00. The average molecular weight is 170 g/mol. The zero-order valence-corrected chi connectivity index (χ0v) is 6.82. The third kappa shape index (κ3) is 3.08. The largest absolute Gasteiger partial charge is 0.379 e. The van der Waals surface area contributed by atoms with Gasteiger partial charge < -0.3 is 10.7 Å². The van der Waals surface area contributed by atoms with Crippen molar-refractivity contribution in [3.63, 3.8) is 0 Å². The molecule has 1 rings (SSSR count). The first kappa shape index (κ1) is 8.13. The number of hydrogen-bond donors (Lipinski definition) is 3. The molecule has 0 aromatic carbocycles. The van der Waals surface area contributed by atoms with Crippen molar-refractivity contribution in [1.82, 2.24) is 9.97 Å². The molecule has 0 saturated carbocycles. The van der Waals surface area contributed by atoms with Crippen LogP contribution in [0.15, 0.2) is 12.4 Å². The molecule has 1 aromatic heterocycles. The highest BCUT2D eigenvalue weighted by molar-refractivity contribution is 8.13. The number of nitrogens with one attached hydrogen (secondary N) is 2. The van der Waals surface area contributed by atoms with Gasteiger partial charge in [-0.15, -0.1) is 0 Å².